The van der Waals surface area contributed by atoms with Crippen LogP contribution in [0.4, 0.5) is 0 Å². The average molecular weight is 373 g/mol. The summed E-state index contributed by atoms with van der Waals surface area (Å²) < 4.78 is 1.78. The van der Waals surface area contributed by atoms with E-state index in [9.17, 15) is 9.90 Å². The first-order valence-electron chi connectivity index (χ1n) is 9.79. The smallest absolute Gasteiger partial charge is 0.257 e. The van der Waals surface area contributed by atoms with E-state index in [1.54, 1.807) is 4.68 Å². The van der Waals surface area contributed by atoms with E-state index in [1.165, 1.54) is 5.56 Å². The number of carbonyl (C=O) groups excluding carboxylic acids is 1. The number of para-hydroxylation sites is 1. The van der Waals surface area contributed by atoms with Crippen LogP contribution >= 0.6 is 0 Å². The van der Waals surface area contributed by atoms with Gasteiger partial charge in [0, 0.05) is 30.8 Å². The van der Waals surface area contributed by atoms with Gasteiger partial charge in [-0.15, -0.1) is 0 Å². The van der Waals surface area contributed by atoms with E-state index in [0.717, 1.165) is 24.2 Å². The van der Waals surface area contributed by atoms with Gasteiger partial charge in [0.2, 0.25) is 0 Å². The molecule has 1 saturated carbocycles. The Morgan fingerprint density at radius 2 is 1.82 bits per heavy atom. The predicted molar refractivity (Wildman–Crippen MR) is 107 cm³/mol. The number of rotatable bonds is 3. The van der Waals surface area contributed by atoms with Crippen molar-refractivity contribution >= 4 is 5.91 Å². The third-order valence-corrected chi connectivity index (χ3v) is 6.11. The van der Waals surface area contributed by atoms with Crippen LogP contribution in [-0.4, -0.2) is 44.9 Å². The van der Waals surface area contributed by atoms with Crippen molar-refractivity contribution in [2.75, 3.05) is 13.1 Å². The molecule has 0 bridgehead atoms. The molecular formula is C23H23N3O2. The minimum atomic E-state index is -0.258. The van der Waals surface area contributed by atoms with Gasteiger partial charge in [0.05, 0.1) is 17.4 Å². The Morgan fingerprint density at radius 3 is 2.50 bits per heavy atom. The van der Waals surface area contributed by atoms with Crippen LogP contribution in [0.5, 0.6) is 0 Å². The van der Waals surface area contributed by atoms with E-state index < -0.39 is 0 Å². The van der Waals surface area contributed by atoms with Gasteiger partial charge in [0.25, 0.3) is 5.91 Å². The van der Waals surface area contributed by atoms with E-state index in [4.69, 9.17) is 5.10 Å². The molecule has 3 atom stereocenters. The zero-order chi connectivity index (χ0) is 19.3. The maximum atomic E-state index is 13.4. The number of aliphatic hydroxyl groups is 1. The number of fused-ring (bicyclic) bond motifs is 1. The summed E-state index contributed by atoms with van der Waals surface area (Å²) in [5.74, 6) is 0.668. The fourth-order valence-electron chi connectivity index (χ4n) is 4.38. The highest BCUT2D eigenvalue weighted by molar-refractivity contribution is 6.00. The van der Waals surface area contributed by atoms with Gasteiger partial charge in [-0.05, 0) is 31.4 Å². The number of carbonyl (C=O) groups is 1. The molecule has 0 spiro atoms. The first-order valence-corrected chi connectivity index (χ1v) is 9.79. The third-order valence-electron chi connectivity index (χ3n) is 6.11. The van der Waals surface area contributed by atoms with E-state index in [2.05, 4.69) is 0 Å². The van der Waals surface area contributed by atoms with Crippen LogP contribution in [0, 0.1) is 18.8 Å². The molecule has 1 N–H and O–H groups in total. The number of hydrogen-bond acceptors (Lipinski definition) is 3. The molecule has 142 valence electrons. The van der Waals surface area contributed by atoms with E-state index in [-0.39, 0.29) is 17.9 Å². The Kier molecular flexibility index (Phi) is 4.05. The van der Waals surface area contributed by atoms with Crippen molar-refractivity contribution < 1.29 is 9.90 Å². The molecular weight excluding hydrogens is 350 g/mol. The largest absolute Gasteiger partial charge is 0.393 e. The molecule has 2 heterocycles. The van der Waals surface area contributed by atoms with Gasteiger partial charge >= 0.3 is 0 Å². The molecule has 1 aliphatic carbocycles. The molecule has 5 heteroatoms. The lowest BCUT2D eigenvalue weighted by Crippen LogP contribution is -2.39. The number of nitrogens with zero attached hydrogens (tertiary/aromatic N) is 3. The quantitative estimate of drug-likeness (QED) is 0.766. The SMILES string of the molecule is Cc1ccc(-c2nn(-c3ccccc3)cc2C(=O)N2C[C@H]3C[C@H](O)[C@H]3C2)cc1. The highest BCUT2D eigenvalue weighted by atomic mass is 16.3. The summed E-state index contributed by atoms with van der Waals surface area (Å²) in [6.07, 6.45) is 2.39. The maximum absolute atomic E-state index is 13.4. The number of hydrogen-bond donors (Lipinski definition) is 1. The molecule has 1 aliphatic heterocycles. The van der Waals surface area contributed by atoms with Crippen molar-refractivity contribution in [2.24, 2.45) is 11.8 Å². The monoisotopic (exact) mass is 373 g/mol. The van der Waals surface area contributed by atoms with Crippen molar-refractivity contribution in [1.82, 2.24) is 14.7 Å². The minimum Gasteiger partial charge on any atom is -0.393 e. The summed E-state index contributed by atoms with van der Waals surface area (Å²) in [4.78, 5) is 15.3. The summed E-state index contributed by atoms with van der Waals surface area (Å²) in [6, 6.07) is 18.0. The van der Waals surface area contributed by atoms with Gasteiger partial charge in [-0.25, -0.2) is 4.68 Å². The van der Waals surface area contributed by atoms with Gasteiger partial charge in [-0.2, -0.15) is 5.10 Å². The summed E-state index contributed by atoms with van der Waals surface area (Å²) >= 11 is 0. The molecule has 0 unspecified atom stereocenters. The highest BCUT2D eigenvalue weighted by Crippen LogP contribution is 2.41. The summed E-state index contributed by atoms with van der Waals surface area (Å²) in [5.41, 5.74) is 4.35. The zero-order valence-corrected chi connectivity index (χ0v) is 15.8. The Hall–Kier alpha value is -2.92. The molecule has 1 saturated heterocycles. The van der Waals surface area contributed by atoms with Gasteiger partial charge < -0.3 is 10.0 Å². The highest BCUT2D eigenvalue weighted by Gasteiger charge is 2.47. The number of likely N-dealkylation sites (tertiary alicyclic amines) is 1. The number of amides is 1. The second kappa shape index (κ2) is 6.60. The second-order valence-electron chi connectivity index (χ2n) is 7.97. The van der Waals surface area contributed by atoms with E-state index >= 15 is 0 Å². The fourth-order valence-corrected chi connectivity index (χ4v) is 4.38. The lowest BCUT2D eigenvalue weighted by atomic mass is 9.74. The summed E-state index contributed by atoms with van der Waals surface area (Å²) in [6.45, 7) is 3.41. The zero-order valence-electron chi connectivity index (χ0n) is 15.8. The van der Waals surface area contributed by atoms with Gasteiger partial charge in [-0.3, -0.25) is 4.79 Å². The molecule has 3 aromatic rings. The third kappa shape index (κ3) is 2.83. The Labute approximate surface area is 164 Å². The molecule has 2 fully saturated rings. The lowest BCUT2D eigenvalue weighted by Gasteiger charge is -2.34. The number of aliphatic hydroxyl groups excluding tert-OH is 1. The van der Waals surface area contributed by atoms with Crippen molar-refractivity contribution in [3.05, 3.63) is 71.9 Å². The van der Waals surface area contributed by atoms with Crippen LogP contribution < -0.4 is 0 Å². The van der Waals surface area contributed by atoms with Crippen molar-refractivity contribution in [2.45, 2.75) is 19.4 Å². The van der Waals surface area contributed by atoms with Gasteiger partial charge in [0.1, 0.15) is 5.69 Å². The van der Waals surface area contributed by atoms with Crippen LogP contribution in [0.15, 0.2) is 60.8 Å². The summed E-state index contributed by atoms with van der Waals surface area (Å²) in [7, 11) is 0. The van der Waals surface area contributed by atoms with Crippen LogP contribution in [0.2, 0.25) is 0 Å². The average Bonchev–Trinajstić information content (AvgIpc) is 3.30. The number of benzene rings is 2. The lowest BCUT2D eigenvalue weighted by molar-refractivity contribution is -0.00427. The van der Waals surface area contributed by atoms with E-state index in [0.29, 0.717) is 23.7 Å². The molecule has 0 radical (unpaired) electrons. The standard InChI is InChI=1S/C23H23N3O2/c1-15-7-9-16(10-8-15)22-20(14-26(24-22)18-5-3-2-4-6-18)23(28)25-12-17-11-21(27)19(17)13-25/h2-10,14,17,19,21,27H,11-13H2,1H3/t17-,19+,21+/m1/s1. The van der Waals surface area contributed by atoms with Gasteiger partial charge in [-0.1, -0.05) is 48.0 Å². The Bertz CT molecular complexity index is 1010. The van der Waals surface area contributed by atoms with Crippen LogP contribution in [0.25, 0.3) is 16.9 Å². The topological polar surface area (TPSA) is 58.4 Å². The molecule has 5 nitrogen and oxygen atoms in total. The van der Waals surface area contributed by atoms with Crippen LogP contribution in [0.1, 0.15) is 22.3 Å². The van der Waals surface area contributed by atoms with Crippen LogP contribution in [-0.2, 0) is 0 Å². The molecule has 5 rings (SSSR count). The molecule has 2 aliphatic rings. The molecule has 1 aromatic heterocycles. The maximum Gasteiger partial charge on any atom is 0.257 e. The van der Waals surface area contributed by atoms with Crippen LogP contribution in [0.3, 0.4) is 0 Å². The van der Waals surface area contributed by atoms with E-state index in [1.807, 2.05) is 72.6 Å². The Morgan fingerprint density at radius 1 is 1.07 bits per heavy atom. The summed E-state index contributed by atoms with van der Waals surface area (Å²) in [5, 5.41) is 14.7. The fraction of sp³-hybridized carbons (Fsp3) is 0.304. The first kappa shape index (κ1) is 17.2. The Balaban J connectivity index is 1.54. The number of aryl methyl sites for hydroxylation is 1. The number of aromatic nitrogens is 2. The van der Waals surface area contributed by atoms with Crippen molar-refractivity contribution in [1.29, 1.82) is 0 Å². The van der Waals surface area contributed by atoms with Crippen molar-refractivity contribution in [3.63, 3.8) is 0 Å². The molecule has 2 aromatic carbocycles. The second-order valence-corrected chi connectivity index (χ2v) is 7.97. The first-order chi connectivity index (χ1) is 13.6. The molecule has 28 heavy (non-hydrogen) atoms. The van der Waals surface area contributed by atoms with Crippen molar-refractivity contribution in [3.8, 4) is 16.9 Å². The minimum absolute atomic E-state index is 0.000596. The normalized spacial score (nSPS) is 23.4. The van der Waals surface area contributed by atoms with Gasteiger partial charge in [0.15, 0.2) is 0 Å². The molecule has 1 amide bonds. The predicted octanol–water partition coefficient (Wildman–Crippen LogP) is 3.30.